The lowest BCUT2D eigenvalue weighted by Crippen LogP contribution is -2.24. The van der Waals surface area contributed by atoms with E-state index >= 15 is 0 Å². The van der Waals surface area contributed by atoms with Crippen LogP contribution in [0.4, 0.5) is 11.6 Å². The molecule has 6 rings (SSSR count). The van der Waals surface area contributed by atoms with E-state index in [9.17, 15) is 23.1 Å². The minimum atomic E-state index is -3.66. The molecule has 1 saturated carbocycles. The number of allylic oxidation sites excluding steroid dienone is 1. The molecule has 1 aromatic heterocycles. The van der Waals surface area contributed by atoms with E-state index in [2.05, 4.69) is 39.0 Å². The summed E-state index contributed by atoms with van der Waals surface area (Å²) in [5, 5.41) is 10.5. The molecular weight excluding hydrogens is 588 g/mol. The number of aliphatic hydroxyl groups excluding tert-OH is 1. The number of aliphatic hydroxyl groups is 1. The number of ketones is 2. The Hall–Kier alpha value is -4.83. The smallest absolute Gasteiger partial charge is 0.264 e. The van der Waals surface area contributed by atoms with Gasteiger partial charge in [0.15, 0.2) is 0 Å². The molecule has 4 N–H and O–H groups in total. The van der Waals surface area contributed by atoms with Gasteiger partial charge in [0.05, 0.1) is 4.90 Å². The van der Waals surface area contributed by atoms with Crippen LogP contribution in [0, 0.1) is 0 Å². The first kappa shape index (κ1) is 31.6. The van der Waals surface area contributed by atoms with Gasteiger partial charge in [0, 0.05) is 34.8 Å². The van der Waals surface area contributed by atoms with E-state index < -0.39 is 21.6 Å². The largest absolute Gasteiger partial charge is 0.507 e. The van der Waals surface area contributed by atoms with Crippen LogP contribution >= 0.6 is 0 Å². The van der Waals surface area contributed by atoms with Gasteiger partial charge in [-0.3, -0.25) is 9.59 Å². The molecule has 4 aromatic rings. The Bertz CT molecular complexity index is 1780. The Labute approximate surface area is 263 Å². The Morgan fingerprint density at radius 1 is 0.778 bits per heavy atom. The van der Waals surface area contributed by atoms with Crippen LogP contribution in [-0.4, -0.2) is 35.1 Å². The fourth-order valence-electron chi connectivity index (χ4n) is 5.69. The lowest BCUT2D eigenvalue weighted by Gasteiger charge is -2.22. The minimum Gasteiger partial charge on any atom is -0.507 e. The van der Waals surface area contributed by atoms with Gasteiger partial charge < -0.3 is 10.8 Å². The molecule has 0 saturated heterocycles. The lowest BCUT2D eigenvalue weighted by atomic mass is 9.83. The third kappa shape index (κ3) is 7.82. The summed E-state index contributed by atoms with van der Waals surface area (Å²) in [4.78, 5) is 32.4. The molecule has 232 valence electrons. The number of carbonyl (C=O) groups excluding carboxylic acids is 2. The lowest BCUT2D eigenvalue weighted by molar-refractivity contribution is -0.112. The van der Waals surface area contributed by atoms with E-state index in [4.69, 9.17) is 5.73 Å². The number of benzene rings is 3. The van der Waals surface area contributed by atoms with E-state index in [1.807, 2.05) is 0 Å². The predicted octanol–water partition coefficient (Wildman–Crippen LogP) is 6.65. The number of aryl methyl sites for hydroxylation is 1. The number of Topliss-reactive ketones (excluding diaryl/α,β-unsaturated/α-hetero) is 2. The summed E-state index contributed by atoms with van der Waals surface area (Å²) in [5.74, 6) is -0.378. The van der Waals surface area contributed by atoms with Crippen LogP contribution in [0.15, 0.2) is 102 Å². The number of anilines is 2. The number of rotatable bonds is 8. The molecule has 0 amide bonds. The Kier molecular flexibility index (Phi) is 10.0. The van der Waals surface area contributed by atoms with Crippen molar-refractivity contribution in [1.82, 2.24) is 9.97 Å². The molecule has 9 nitrogen and oxygen atoms in total. The predicted molar refractivity (Wildman–Crippen MR) is 174 cm³/mol. The van der Waals surface area contributed by atoms with Crippen LogP contribution in [0.3, 0.4) is 0 Å². The van der Waals surface area contributed by atoms with E-state index in [0.29, 0.717) is 29.2 Å². The molecule has 1 fully saturated rings. The first-order chi connectivity index (χ1) is 21.7. The fourth-order valence-corrected chi connectivity index (χ4v) is 6.65. The fraction of sp³-hybridized carbons (Fsp3) is 0.257. The number of fused-ring (bicyclic) bond motifs is 1. The maximum absolute atomic E-state index is 12.4. The number of nitrogens with two attached hydrogens (primary N) is 1. The standard InChI is InChI=1S/C25H26O3.C10H10N4O2S/c26-23-20-10-4-5-11-21(20)24(27)25(28)22(23)12-6-7-17-13-15-19(16-14-17)18-8-2-1-3-9-18;11-8-2-4-9(5-3-8)17(15,16)14-10-12-6-1-7-13-10/h4-5,10-11,13-16,18,26H,1-3,6-9,12H2;1-7H,11H2,(H,12,13,14). The highest BCUT2D eigenvalue weighted by Crippen LogP contribution is 2.33. The summed E-state index contributed by atoms with van der Waals surface area (Å²) in [7, 11) is -3.66. The zero-order chi connectivity index (χ0) is 31.8. The van der Waals surface area contributed by atoms with Crippen LogP contribution in [-0.2, 0) is 21.2 Å². The summed E-state index contributed by atoms with van der Waals surface area (Å²) < 4.78 is 26.0. The number of nitrogen functional groups attached to an aromatic ring is 1. The van der Waals surface area contributed by atoms with Crippen molar-refractivity contribution in [3.8, 4) is 0 Å². The monoisotopic (exact) mass is 624 g/mol. The summed E-state index contributed by atoms with van der Waals surface area (Å²) in [6.45, 7) is 0. The molecular formula is C35H36N4O5S. The highest BCUT2D eigenvalue weighted by Gasteiger charge is 2.32. The number of sulfonamides is 1. The second-order valence-corrected chi connectivity index (χ2v) is 12.9. The van der Waals surface area contributed by atoms with Crippen molar-refractivity contribution in [2.45, 2.75) is 62.2 Å². The molecule has 0 radical (unpaired) electrons. The highest BCUT2D eigenvalue weighted by atomic mass is 32.2. The molecule has 1 heterocycles. The van der Waals surface area contributed by atoms with Crippen LogP contribution in [0.25, 0.3) is 5.76 Å². The third-order valence-electron chi connectivity index (χ3n) is 8.12. The molecule has 45 heavy (non-hydrogen) atoms. The molecule has 2 aliphatic carbocycles. The summed E-state index contributed by atoms with van der Waals surface area (Å²) >= 11 is 0. The van der Waals surface area contributed by atoms with E-state index in [0.717, 1.165) is 12.8 Å². The third-order valence-corrected chi connectivity index (χ3v) is 9.47. The molecule has 0 spiro atoms. The Morgan fingerprint density at radius 2 is 1.42 bits per heavy atom. The van der Waals surface area contributed by atoms with Crippen molar-refractivity contribution in [3.05, 3.63) is 119 Å². The highest BCUT2D eigenvalue weighted by molar-refractivity contribution is 7.92. The van der Waals surface area contributed by atoms with Crippen molar-refractivity contribution >= 4 is 39.0 Å². The van der Waals surface area contributed by atoms with Crippen molar-refractivity contribution in [1.29, 1.82) is 0 Å². The zero-order valence-electron chi connectivity index (χ0n) is 24.9. The summed E-state index contributed by atoms with van der Waals surface area (Å²) in [6.07, 6.45) is 11.5. The number of carbonyl (C=O) groups is 2. The molecule has 3 aromatic carbocycles. The van der Waals surface area contributed by atoms with Crippen molar-refractivity contribution in [2.24, 2.45) is 0 Å². The molecule has 0 bridgehead atoms. The summed E-state index contributed by atoms with van der Waals surface area (Å²) in [6, 6.07) is 23.1. The maximum Gasteiger partial charge on any atom is 0.264 e. The zero-order valence-corrected chi connectivity index (χ0v) is 25.7. The van der Waals surface area contributed by atoms with Gasteiger partial charge in [-0.05, 0) is 79.5 Å². The molecule has 0 atom stereocenters. The van der Waals surface area contributed by atoms with Gasteiger partial charge in [-0.2, -0.15) is 0 Å². The number of nitrogens with zero attached hydrogens (tertiary/aromatic N) is 2. The number of aromatic nitrogens is 2. The van der Waals surface area contributed by atoms with Crippen LogP contribution in [0.5, 0.6) is 0 Å². The number of hydrogen-bond donors (Lipinski definition) is 3. The van der Waals surface area contributed by atoms with E-state index in [-0.39, 0.29) is 22.2 Å². The molecule has 2 aliphatic rings. The first-order valence-corrected chi connectivity index (χ1v) is 16.6. The topological polar surface area (TPSA) is 152 Å². The van der Waals surface area contributed by atoms with Gasteiger partial charge in [0.1, 0.15) is 5.76 Å². The van der Waals surface area contributed by atoms with Crippen molar-refractivity contribution in [3.63, 3.8) is 0 Å². The Balaban J connectivity index is 0.000000201. The minimum absolute atomic E-state index is 0.0318. The van der Waals surface area contributed by atoms with Gasteiger partial charge >= 0.3 is 0 Å². The van der Waals surface area contributed by atoms with Gasteiger partial charge in [-0.25, -0.2) is 23.1 Å². The average Bonchev–Trinajstić information content (AvgIpc) is 3.07. The maximum atomic E-state index is 12.4. The quantitative estimate of drug-likeness (QED) is 0.146. The molecule has 10 heteroatoms. The summed E-state index contributed by atoms with van der Waals surface area (Å²) in [5.41, 5.74) is 9.67. The van der Waals surface area contributed by atoms with Crippen LogP contribution in [0.1, 0.15) is 77.9 Å². The van der Waals surface area contributed by atoms with Gasteiger partial charge in [0.2, 0.25) is 17.5 Å². The van der Waals surface area contributed by atoms with E-state index in [1.165, 1.54) is 79.9 Å². The average molecular weight is 625 g/mol. The SMILES string of the molecule is Nc1ccc(S(=O)(=O)Nc2ncccn2)cc1.O=C1C(=O)c2ccccc2C(O)=C1CCCc1ccc(C2CCCCC2)cc1. The second-order valence-electron chi connectivity index (χ2n) is 11.2. The van der Waals surface area contributed by atoms with Crippen LogP contribution < -0.4 is 10.5 Å². The second kappa shape index (κ2) is 14.3. The van der Waals surface area contributed by atoms with Gasteiger partial charge in [-0.1, -0.05) is 67.8 Å². The number of hydrogen-bond acceptors (Lipinski definition) is 8. The number of nitrogens with one attached hydrogen (secondary N) is 1. The Morgan fingerprint density at radius 3 is 2.09 bits per heavy atom. The van der Waals surface area contributed by atoms with E-state index in [1.54, 1.807) is 30.3 Å². The van der Waals surface area contributed by atoms with Gasteiger partial charge in [-0.15, -0.1) is 0 Å². The van der Waals surface area contributed by atoms with Crippen molar-refractivity contribution in [2.75, 3.05) is 10.5 Å². The first-order valence-electron chi connectivity index (χ1n) is 15.1. The molecule has 0 unspecified atom stereocenters. The van der Waals surface area contributed by atoms with Crippen LogP contribution in [0.2, 0.25) is 0 Å². The van der Waals surface area contributed by atoms with Gasteiger partial charge in [0.25, 0.3) is 10.0 Å². The normalized spacial score (nSPS) is 15.2. The molecule has 0 aliphatic heterocycles. The van der Waals surface area contributed by atoms with Crippen molar-refractivity contribution < 1.29 is 23.1 Å².